The van der Waals surface area contributed by atoms with E-state index >= 15 is 0 Å². The van der Waals surface area contributed by atoms with Gasteiger partial charge in [0, 0.05) is 5.70 Å². The van der Waals surface area contributed by atoms with Crippen LogP contribution in [0.3, 0.4) is 0 Å². The van der Waals surface area contributed by atoms with Gasteiger partial charge < -0.3 is 29.6 Å². The van der Waals surface area contributed by atoms with Crippen molar-refractivity contribution in [3.05, 3.63) is 98.4 Å². The number of hydrogen-bond donors (Lipinski definition) is 3. The molecule has 3 amide bonds. The fraction of sp³-hybridized carbons (Fsp3) is 0.226. The van der Waals surface area contributed by atoms with Crippen molar-refractivity contribution >= 4 is 47.3 Å². The van der Waals surface area contributed by atoms with Gasteiger partial charge in [-0.1, -0.05) is 41.4 Å². The topological polar surface area (TPSA) is 137 Å². The second kappa shape index (κ2) is 15.3. The van der Waals surface area contributed by atoms with Crippen LogP contribution in [0.15, 0.2) is 71.0 Å². The lowest BCUT2D eigenvalue weighted by Crippen LogP contribution is -2.45. The van der Waals surface area contributed by atoms with Gasteiger partial charge in [-0.2, -0.15) is 5.10 Å². The van der Waals surface area contributed by atoms with Crippen LogP contribution in [0.4, 0.5) is 9.18 Å². The summed E-state index contributed by atoms with van der Waals surface area (Å²) < 4.78 is 35.0. The first-order chi connectivity index (χ1) is 21.6. The van der Waals surface area contributed by atoms with Crippen molar-refractivity contribution in [1.82, 2.24) is 16.1 Å². The number of esters is 1. The number of benzene rings is 3. The summed E-state index contributed by atoms with van der Waals surface area (Å²) in [6, 6.07) is 12.5. The highest BCUT2D eigenvalue weighted by atomic mass is 35.5. The van der Waals surface area contributed by atoms with Crippen LogP contribution in [0.2, 0.25) is 10.0 Å². The first-order valence-electron chi connectivity index (χ1n) is 13.5. The van der Waals surface area contributed by atoms with Crippen LogP contribution in [-0.2, 0) is 20.9 Å². The van der Waals surface area contributed by atoms with Gasteiger partial charge in [0.25, 0.3) is 5.91 Å². The van der Waals surface area contributed by atoms with Crippen LogP contribution in [-0.4, -0.2) is 44.4 Å². The number of methoxy groups -OCH3 is 1. The second-order valence-corrected chi connectivity index (χ2v) is 10.3. The van der Waals surface area contributed by atoms with E-state index in [9.17, 15) is 18.8 Å². The molecule has 11 nitrogen and oxygen atoms in total. The number of carbonyl (C=O) groups is 3. The van der Waals surface area contributed by atoms with Crippen LogP contribution < -0.4 is 30.3 Å². The predicted molar refractivity (Wildman–Crippen MR) is 165 cm³/mol. The van der Waals surface area contributed by atoms with Gasteiger partial charge >= 0.3 is 12.0 Å². The third-order valence-corrected chi connectivity index (χ3v) is 6.93. The Hall–Kier alpha value is -4.81. The van der Waals surface area contributed by atoms with E-state index in [1.165, 1.54) is 25.5 Å². The van der Waals surface area contributed by atoms with Gasteiger partial charge in [0.05, 0.1) is 41.6 Å². The summed E-state index contributed by atoms with van der Waals surface area (Å²) in [7, 11) is 1.42. The zero-order chi connectivity index (χ0) is 32.5. The van der Waals surface area contributed by atoms with E-state index in [0.717, 1.165) is 5.56 Å². The molecular weight excluding hydrogens is 630 g/mol. The number of nitrogens with zero attached hydrogens (tertiary/aromatic N) is 1. The van der Waals surface area contributed by atoms with Gasteiger partial charge in [0.15, 0.2) is 23.9 Å². The Kier molecular flexibility index (Phi) is 11.2. The molecule has 0 aliphatic carbocycles. The SMILES string of the molecule is CCOC(=O)C1=C(C)NC(=O)N[C@H]1c1ccc(OCC(=O)N/N=C\c2cc(Cl)c(OCc3ccc(F)cc3)c(Cl)c2)c(OC)c1. The summed E-state index contributed by atoms with van der Waals surface area (Å²) in [5.74, 6) is -0.724. The quantitative estimate of drug-likeness (QED) is 0.134. The Morgan fingerprint density at radius 1 is 1.04 bits per heavy atom. The Balaban J connectivity index is 1.35. The molecule has 1 atom stereocenters. The molecule has 1 aliphatic heterocycles. The standard InChI is InChI=1S/C31H29Cl2FN4O7/c1-4-43-30(40)27-17(2)36-31(41)37-28(27)20-7-10-24(25(13-20)42-3)44-16-26(39)38-35-14-19-11-22(32)29(23(33)12-19)45-15-18-5-8-21(34)9-6-18/h5-14,28H,4,15-16H2,1-3H3,(H,38,39)(H2,36,37,41)/b35-14-/t28-/m0/s1. The molecule has 0 bridgehead atoms. The summed E-state index contributed by atoms with van der Waals surface area (Å²) in [6.45, 7) is 3.20. The molecule has 236 valence electrons. The number of rotatable bonds is 12. The van der Waals surface area contributed by atoms with E-state index in [0.29, 0.717) is 16.8 Å². The molecule has 1 heterocycles. The van der Waals surface area contributed by atoms with Crippen LogP contribution in [0.1, 0.15) is 36.6 Å². The zero-order valence-electron chi connectivity index (χ0n) is 24.4. The molecular formula is C31H29Cl2FN4O7. The summed E-state index contributed by atoms with van der Waals surface area (Å²) in [4.78, 5) is 37.1. The largest absolute Gasteiger partial charge is 0.493 e. The van der Waals surface area contributed by atoms with Crippen molar-refractivity contribution in [3.8, 4) is 17.2 Å². The summed E-state index contributed by atoms with van der Waals surface area (Å²) >= 11 is 12.7. The van der Waals surface area contributed by atoms with Crippen LogP contribution in [0.5, 0.6) is 17.2 Å². The third-order valence-electron chi connectivity index (χ3n) is 6.36. The highest BCUT2D eigenvalue weighted by Gasteiger charge is 2.32. The number of halogens is 3. The Labute approximate surface area is 268 Å². The third kappa shape index (κ3) is 8.64. The number of allylic oxidation sites excluding steroid dienone is 1. The number of nitrogens with one attached hydrogen (secondary N) is 3. The van der Waals surface area contributed by atoms with E-state index in [1.807, 2.05) is 0 Å². The average molecular weight is 659 g/mol. The van der Waals surface area contributed by atoms with E-state index < -0.39 is 30.6 Å². The van der Waals surface area contributed by atoms with Crippen LogP contribution >= 0.6 is 23.2 Å². The molecule has 0 unspecified atom stereocenters. The maximum atomic E-state index is 13.1. The van der Waals surface area contributed by atoms with Crippen molar-refractivity contribution in [1.29, 1.82) is 0 Å². The lowest BCUT2D eigenvalue weighted by molar-refractivity contribution is -0.139. The van der Waals surface area contributed by atoms with Gasteiger partial charge in [-0.3, -0.25) is 4.79 Å². The zero-order valence-corrected chi connectivity index (χ0v) is 25.9. The number of amides is 3. The number of hydrogen-bond acceptors (Lipinski definition) is 8. The van der Waals surface area contributed by atoms with E-state index in [-0.39, 0.29) is 51.9 Å². The Bertz CT molecular complexity index is 1620. The molecule has 45 heavy (non-hydrogen) atoms. The van der Waals surface area contributed by atoms with Crippen LogP contribution in [0.25, 0.3) is 0 Å². The number of urea groups is 1. The van der Waals surface area contributed by atoms with Gasteiger partial charge in [0.1, 0.15) is 12.4 Å². The maximum Gasteiger partial charge on any atom is 0.338 e. The molecule has 0 spiro atoms. The molecule has 0 radical (unpaired) electrons. The molecule has 3 N–H and O–H groups in total. The van der Waals surface area contributed by atoms with E-state index in [1.54, 1.807) is 56.3 Å². The first-order valence-corrected chi connectivity index (χ1v) is 14.3. The summed E-state index contributed by atoms with van der Waals surface area (Å²) in [6.07, 6.45) is 1.35. The van der Waals surface area contributed by atoms with Gasteiger partial charge in [-0.05, 0) is 66.9 Å². The normalized spacial score (nSPS) is 14.4. The molecule has 0 saturated heterocycles. The van der Waals surface area contributed by atoms with E-state index in [4.69, 9.17) is 42.1 Å². The van der Waals surface area contributed by atoms with Crippen molar-refractivity contribution in [2.24, 2.45) is 5.10 Å². The minimum Gasteiger partial charge on any atom is -0.493 e. The Morgan fingerprint density at radius 3 is 2.42 bits per heavy atom. The molecule has 14 heteroatoms. The average Bonchev–Trinajstić information content (AvgIpc) is 3.00. The molecule has 0 aromatic heterocycles. The minimum atomic E-state index is -0.796. The minimum absolute atomic E-state index is 0.136. The Morgan fingerprint density at radius 2 is 1.76 bits per heavy atom. The monoisotopic (exact) mass is 658 g/mol. The lowest BCUT2D eigenvalue weighted by Gasteiger charge is -2.28. The van der Waals surface area contributed by atoms with Gasteiger partial charge in [0.2, 0.25) is 0 Å². The number of carbonyl (C=O) groups excluding carboxylic acids is 3. The van der Waals surface area contributed by atoms with Crippen LogP contribution in [0, 0.1) is 5.82 Å². The molecule has 1 aliphatic rings. The summed E-state index contributed by atoms with van der Waals surface area (Å²) in [5.41, 5.74) is 4.74. The highest BCUT2D eigenvalue weighted by Crippen LogP contribution is 2.36. The van der Waals surface area contributed by atoms with Gasteiger partial charge in [-0.25, -0.2) is 19.4 Å². The first kappa shape index (κ1) is 33.1. The van der Waals surface area contributed by atoms with Gasteiger partial charge in [-0.15, -0.1) is 0 Å². The summed E-state index contributed by atoms with van der Waals surface area (Å²) in [5, 5.41) is 9.65. The number of hydrazone groups is 1. The maximum absolute atomic E-state index is 13.1. The highest BCUT2D eigenvalue weighted by molar-refractivity contribution is 6.37. The predicted octanol–water partition coefficient (Wildman–Crippen LogP) is 5.44. The molecule has 4 rings (SSSR count). The fourth-order valence-electron chi connectivity index (χ4n) is 4.29. The number of ether oxygens (including phenoxy) is 4. The van der Waals surface area contributed by atoms with E-state index in [2.05, 4.69) is 21.2 Å². The molecule has 3 aromatic rings. The van der Waals surface area contributed by atoms with Crippen molar-refractivity contribution in [3.63, 3.8) is 0 Å². The molecule has 0 fully saturated rings. The fourth-order valence-corrected chi connectivity index (χ4v) is 4.90. The second-order valence-electron chi connectivity index (χ2n) is 9.51. The smallest absolute Gasteiger partial charge is 0.338 e. The van der Waals surface area contributed by atoms with Crippen molar-refractivity contribution in [2.45, 2.75) is 26.5 Å². The molecule has 0 saturated carbocycles. The molecule has 3 aromatic carbocycles. The lowest BCUT2D eigenvalue weighted by atomic mass is 9.95. The van der Waals surface area contributed by atoms with Crippen molar-refractivity contribution in [2.75, 3.05) is 20.3 Å². The van der Waals surface area contributed by atoms with Crippen molar-refractivity contribution < 1.29 is 37.7 Å².